The lowest BCUT2D eigenvalue weighted by Gasteiger charge is -2.11. The first-order chi connectivity index (χ1) is 11.0. The summed E-state index contributed by atoms with van der Waals surface area (Å²) in [5, 5.41) is 19.9. The van der Waals surface area contributed by atoms with Gasteiger partial charge in [-0.25, -0.2) is 4.98 Å². The van der Waals surface area contributed by atoms with Crippen LogP contribution in [0.25, 0.3) is 10.9 Å². The van der Waals surface area contributed by atoms with Gasteiger partial charge in [0.25, 0.3) is 5.56 Å². The van der Waals surface area contributed by atoms with E-state index in [9.17, 15) is 15.0 Å². The van der Waals surface area contributed by atoms with Crippen LogP contribution in [-0.2, 0) is 13.0 Å². The van der Waals surface area contributed by atoms with Gasteiger partial charge in [0.1, 0.15) is 5.82 Å². The number of nitrogens with zero attached hydrogens (tertiary/aromatic N) is 2. The van der Waals surface area contributed by atoms with Gasteiger partial charge in [0, 0.05) is 11.6 Å². The van der Waals surface area contributed by atoms with Gasteiger partial charge in [0.2, 0.25) is 0 Å². The highest BCUT2D eigenvalue weighted by atomic mass is 35.5. The van der Waals surface area contributed by atoms with E-state index >= 15 is 0 Å². The molecule has 0 aliphatic carbocycles. The zero-order valence-electron chi connectivity index (χ0n) is 12.5. The summed E-state index contributed by atoms with van der Waals surface area (Å²) in [6, 6.07) is 9.65. The quantitative estimate of drug-likeness (QED) is 0.724. The SMILES string of the molecule is Cc1nc2cc(Cl)ccc2c(=O)n1CCc1ccc(O)c(O)c1. The molecule has 23 heavy (non-hydrogen) atoms. The van der Waals surface area contributed by atoms with Gasteiger partial charge in [0.05, 0.1) is 10.9 Å². The van der Waals surface area contributed by atoms with Gasteiger partial charge in [-0.3, -0.25) is 9.36 Å². The number of hydrogen-bond acceptors (Lipinski definition) is 4. The van der Waals surface area contributed by atoms with Crippen molar-refractivity contribution in [3.05, 3.63) is 63.2 Å². The Labute approximate surface area is 137 Å². The van der Waals surface area contributed by atoms with Crippen LogP contribution in [0.1, 0.15) is 11.4 Å². The van der Waals surface area contributed by atoms with Crippen molar-refractivity contribution in [3.63, 3.8) is 0 Å². The number of aryl methyl sites for hydroxylation is 2. The largest absolute Gasteiger partial charge is 0.504 e. The summed E-state index contributed by atoms with van der Waals surface area (Å²) < 4.78 is 1.60. The predicted molar refractivity (Wildman–Crippen MR) is 89.2 cm³/mol. The van der Waals surface area contributed by atoms with Gasteiger partial charge < -0.3 is 10.2 Å². The first-order valence-corrected chi connectivity index (χ1v) is 7.51. The zero-order chi connectivity index (χ0) is 16.6. The molecule has 6 heteroatoms. The summed E-state index contributed by atoms with van der Waals surface area (Å²) in [5.41, 5.74) is 1.29. The number of aromatic nitrogens is 2. The molecule has 118 valence electrons. The van der Waals surface area contributed by atoms with Crippen LogP contribution in [0.15, 0.2) is 41.2 Å². The second kappa shape index (κ2) is 5.93. The maximum absolute atomic E-state index is 12.6. The van der Waals surface area contributed by atoms with Gasteiger partial charge in [-0.05, 0) is 49.2 Å². The molecule has 5 nitrogen and oxygen atoms in total. The maximum atomic E-state index is 12.6. The number of rotatable bonds is 3. The first kappa shape index (κ1) is 15.4. The number of hydrogen-bond donors (Lipinski definition) is 2. The second-order valence-electron chi connectivity index (χ2n) is 5.35. The Morgan fingerprint density at radius 1 is 1.13 bits per heavy atom. The van der Waals surface area contributed by atoms with Gasteiger partial charge in [-0.1, -0.05) is 17.7 Å². The molecule has 3 aromatic rings. The number of phenolic OH excluding ortho intramolecular Hbond substituents is 2. The second-order valence-corrected chi connectivity index (χ2v) is 5.79. The fraction of sp³-hybridized carbons (Fsp3) is 0.176. The summed E-state index contributed by atoms with van der Waals surface area (Å²) in [7, 11) is 0. The van der Waals surface area contributed by atoms with E-state index in [0.717, 1.165) is 5.56 Å². The average Bonchev–Trinajstić information content (AvgIpc) is 2.50. The highest BCUT2D eigenvalue weighted by Crippen LogP contribution is 2.25. The molecule has 0 saturated carbocycles. The number of halogens is 1. The van der Waals surface area contributed by atoms with Crippen molar-refractivity contribution in [1.29, 1.82) is 0 Å². The van der Waals surface area contributed by atoms with Crippen molar-refractivity contribution >= 4 is 22.5 Å². The van der Waals surface area contributed by atoms with Gasteiger partial charge in [0.15, 0.2) is 11.5 Å². The molecule has 3 rings (SSSR count). The molecular weight excluding hydrogens is 316 g/mol. The number of fused-ring (bicyclic) bond motifs is 1. The van der Waals surface area contributed by atoms with Crippen molar-refractivity contribution in [3.8, 4) is 11.5 Å². The Morgan fingerprint density at radius 2 is 1.91 bits per heavy atom. The predicted octanol–water partition coefficient (Wildman–Crippen LogP) is 3.01. The lowest BCUT2D eigenvalue weighted by molar-refractivity contribution is 0.403. The molecule has 2 aromatic carbocycles. The average molecular weight is 331 g/mol. The van der Waals surface area contributed by atoms with E-state index in [1.54, 1.807) is 35.8 Å². The summed E-state index contributed by atoms with van der Waals surface area (Å²) in [6.45, 7) is 2.20. The van der Waals surface area contributed by atoms with Gasteiger partial charge in [-0.15, -0.1) is 0 Å². The van der Waals surface area contributed by atoms with Crippen LogP contribution in [0.2, 0.25) is 5.02 Å². The Morgan fingerprint density at radius 3 is 2.65 bits per heavy atom. The highest BCUT2D eigenvalue weighted by molar-refractivity contribution is 6.31. The van der Waals surface area contributed by atoms with E-state index < -0.39 is 0 Å². The van der Waals surface area contributed by atoms with E-state index in [2.05, 4.69) is 4.98 Å². The maximum Gasteiger partial charge on any atom is 0.261 e. The molecule has 0 spiro atoms. The fourth-order valence-electron chi connectivity index (χ4n) is 2.53. The van der Waals surface area contributed by atoms with E-state index in [-0.39, 0.29) is 17.1 Å². The monoisotopic (exact) mass is 330 g/mol. The third-order valence-corrected chi connectivity index (χ3v) is 4.01. The van der Waals surface area contributed by atoms with E-state index in [0.29, 0.717) is 34.7 Å². The molecule has 0 aliphatic rings. The van der Waals surface area contributed by atoms with Crippen LogP contribution >= 0.6 is 11.6 Å². The van der Waals surface area contributed by atoms with E-state index in [4.69, 9.17) is 11.6 Å². The summed E-state index contributed by atoms with van der Waals surface area (Å²) >= 11 is 5.94. The van der Waals surface area contributed by atoms with Crippen molar-refractivity contribution in [1.82, 2.24) is 9.55 Å². The van der Waals surface area contributed by atoms with E-state index in [1.807, 2.05) is 0 Å². The third kappa shape index (κ3) is 3.00. The minimum atomic E-state index is -0.169. The van der Waals surface area contributed by atoms with Crippen LogP contribution in [0.4, 0.5) is 0 Å². The molecule has 1 aromatic heterocycles. The Hall–Kier alpha value is -2.53. The van der Waals surface area contributed by atoms with Crippen molar-refractivity contribution in [2.75, 3.05) is 0 Å². The first-order valence-electron chi connectivity index (χ1n) is 7.13. The molecule has 0 saturated heterocycles. The number of benzene rings is 2. The van der Waals surface area contributed by atoms with Crippen LogP contribution in [0.3, 0.4) is 0 Å². The molecule has 0 amide bonds. The number of aromatic hydroxyl groups is 2. The standard InChI is InChI=1S/C17H15ClN2O3/c1-10-19-14-9-12(18)3-4-13(14)17(23)20(10)7-6-11-2-5-15(21)16(22)8-11/h2-5,8-9,21-22H,6-7H2,1H3. The fourth-order valence-corrected chi connectivity index (χ4v) is 2.70. The summed E-state index contributed by atoms with van der Waals surface area (Å²) in [5.74, 6) is 0.275. The Balaban J connectivity index is 1.95. The van der Waals surface area contributed by atoms with E-state index in [1.165, 1.54) is 12.1 Å². The van der Waals surface area contributed by atoms with Gasteiger partial charge >= 0.3 is 0 Å². The van der Waals surface area contributed by atoms with Crippen molar-refractivity contribution in [2.24, 2.45) is 0 Å². The molecule has 0 unspecified atom stereocenters. The molecule has 1 heterocycles. The zero-order valence-corrected chi connectivity index (χ0v) is 13.2. The number of phenols is 2. The topological polar surface area (TPSA) is 75.4 Å². The van der Waals surface area contributed by atoms with Gasteiger partial charge in [-0.2, -0.15) is 0 Å². The summed E-state index contributed by atoms with van der Waals surface area (Å²) in [6.07, 6.45) is 0.537. The van der Waals surface area contributed by atoms with Crippen LogP contribution in [-0.4, -0.2) is 19.8 Å². The molecule has 0 atom stereocenters. The lowest BCUT2D eigenvalue weighted by atomic mass is 10.1. The molecule has 0 fully saturated rings. The Bertz CT molecular complexity index is 950. The molecule has 2 N–H and O–H groups in total. The van der Waals surface area contributed by atoms with Crippen LogP contribution in [0, 0.1) is 6.92 Å². The third-order valence-electron chi connectivity index (χ3n) is 3.77. The van der Waals surface area contributed by atoms with Crippen LogP contribution in [0.5, 0.6) is 11.5 Å². The van der Waals surface area contributed by atoms with Crippen molar-refractivity contribution in [2.45, 2.75) is 19.9 Å². The summed E-state index contributed by atoms with van der Waals surface area (Å²) in [4.78, 5) is 17.0. The minimum Gasteiger partial charge on any atom is -0.504 e. The Kier molecular flexibility index (Phi) is 3.96. The molecule has 0 radical (unpaired) electrons. The highest BCUT2D eigenvalue weighted by Gasteiger charge is 2.09. The van der Waals surface area contributed by atoms with Crippen LogP contribution < -0.4 is 5.56 Å². The smallest absolute Gasteiger partial charge is 0.261 e. The molecular formula is C17H15ClN2O3. The normalized spacial score (nSPS) is 11.0. The molecule has 0 bridgehead atoms. The molecule has 0 aliphatic heterocycles. The lowest BCUT2D eigenvalue weighted by Crippen LogP contribution is -2.24. The van der Waals surface area contributed by atoms with Crippen molar-refractivity contribution < 1.29 is 10.2 Å². The minimum absolute atomic E-state index is 0.118.